The summed E-state index contributed by atoms with van der Waals surface area (Å²) >= 11 is 5.75. The van der Waals surface area contributed by atoms with Crippen LogP contribution in [0, 0.1) is 6.92 Å². The Balaban J connectivity index is 2.11. The summed E-state index contributed by atoms with van der Waals surface area (Å²) in [7, 11) is 0. The monoisotopic (exact) mass is 247 g/mol. The van der Waals surface area contributed by atoms with E-state index in [0.717, 1.165) is 0 Å². The number of hydrogen-bond donors (Lipinski definition) is 1. The van der Waals surface area contributed by atoms with Crippen LogP contribution in [-0.4, -0.2) is 15.9 Å². The topological polar surface area (TPSA) is 54.9 Å². The number of nitrogens with zero attached hydrogens (tertiary/aromatic N) is 2. The van der Waals surface area contributed by atoms with Crippen LogP contribution in [0.2, 0.25) is 5.02 Å². The molecule has 2 rings (SSSR count). The van der Waals surface area contributed by atoms with Gasteiger partial charge in [0.1, 0.15) is 5.82 Å². The molecule has 17 heavy (non-hydrogen) atoms. The van der Waals surface area contributed by atoms with Crippen molar-refractivity contribution in [3.8, 4) is 0 Å². The number of anilines is 1. The number of aryl methyl sites for hydroxylation is 1. The van der Waals surface area contributed by atoms with Crippen LogP contribution in [0.5, 0.6) is 0 Å². The molecule has 0 spiro atoms. The summed E-state index contributed by atoms with van der Waals surface area (Å²) in [4.78, 5) is 19.7. The first-order valence-corrected chi connectivity index (χ1v) is 5.38. The third-order valence-electron chi connectivity index (χ3n) is 2.15. The maximum Gasteiger partial charge on any atom is 0.258 e. The van der Waals surface area contributed by atoms with Gasteiger partial charge in [-0.15, -0.1) is 0 Å². The Kier molecular flexibility index (Phi) is 3.35. The average molecular weight is 248 g/mol. The molecule has 4 nitrogen and oxygen atoms in total. The van der Waals surface area contributed by atoms with Crippen LogP contribution in [0.1, 0.15) is 16.2 Å². The van der Waals surface area contributed by atoms with Gasteiger partial charge in [-0.2, -0.15) is 0 Å². The van der Waals surface area contributed by atoms with Crippen molar-refractivity contribution in [1.29, 1.82) is 0 Å². The van der Waals surface area contributed by atoms with Gasteiger partial charge in [-0.05, 0) is 31.2 Å². The van der Waals surface area contributed by atoms with E-state index >= 15 is 0 Å². The lowest BCUT2D eigenvalue weighted by Crippen LogP contribution is -2.12. The number of carbonyl (C=O) groups is 1. The minimum Gasteiger partial charge on any atom is -0.322 e. The summed E-state index contributed by atoms with van der Waals surface area (Å²) in [6.07, 6.45) is 2.99. The van der Waals surface area contributed by atoms with Gasteiger partial charge in [-0.3, -0.25) is 4.79 Å². The third-order valence-corrected chi connectivity index (χ3v) is 2.40. The van der Waals surface area contributed by atoms with Crippen molar-refractivity contribution in [3.05, 3.63) is 53.1 Å². The summed E-state index contributed by atoms with van der Waals surface area (Å²) in [5, 5.41) is 3.35. The number of carbonyl (C=O) groups excluding carboxylic acids is 1. The second kappa shape index (κ2) is 4.93. The molecule has 1 N–H and O–H groups in total. The van der Waals surface area contributed by atoms with Gasteiger partial charge in [-0.1, -0.05) is 11.6 Å². The summed E-state index contributed by atoms with van der Waals surface area (Å²) in [6, 6.07) is 6.89. The molecule has 1 aromatic carbocycles. The largest absolute Gasteiger partial charge is 0.322 e. The molecule has 2 aromatic rings. The summed E-state index contributed by atoms with van der Waals surface area (Å²) in [5.74, 6) is 0.389. The standard InChI is InChI=1S/C12H10ClN3O/c1-8-14-6-9(7-15-8)12(17)16-11-4-2-10(13)3-5-11/h2-7H,1H3,(H,16,17). The maximum atomic E-state index is 11.8. The van der Waals surface area contributed by atoms with E-state index in [0.29, 0.717) is 22.1 Å². The van der Waals surface area contributed by atoms with Crippen LogP contribution in [0.4, 0.5) is 5.69 Å². The first-order chi connectivity index (χ1) is 8.15. The van der Waals surface area contributed by atoms with E-state index in [1.807, 2.05) is 0 Å². The third kappa shape index (κ3) is 3.01. The SMILES string of the molecule is Cc1ncc(C(=O)Nc2ccc(Cl)cc2)cn1. The highest BCUT2D eigenvalue weighted by Gasteiger charge is 2.06. The maximum absolute atomic E-state index is 11.8. The molecule has 0 saturated carbocycles. The van der Waals surface area contributed by atoms with E-state index in [1.54, 1.807) is 31.2 Å². The van der Waals surface area contributed by atoms with Crippen molar-refractivity contribution in [2.24, 2.45) is 0 Å². The first kappa shape index (κ1) is 11.5. The lowest BCUT2D eigenvalue weighted by Gasteiger charge is -2.04. The van der Waals surface area contributed by atoms with Crippen LogP contribution in [0.15, 0.2) is 36.7 Å². The Morgan fingerprint density at radius 3 is 2.35 bits per heavy atom. The van der Waals surface area contributed by atoms with Crippen molar-refractivity contribution in [2.75, 3.05) is 5.32 Å². The number of halogens is 1. The lowest BCUT2D eigenvalue weighted by atomic mass is 10.3. The van der Waals surface area contributed by atoms with Crippen LogP contribution in [0.25, 0.3) is 0 Å². The first-order valence-electron chi connectivity index (χ1n) is 5.01. The minimum absolute atomic E-state index is 0.243. The Hall–Kier alpha value is -1.94. The van der Waals surface area contributed by atoms with E-state index in [4.69, 9.17) is 11.6 Å². The Morgan fingerprint density at radius 2 is 1.76 bits per heavy atom. The zero-order chi connectivity index (χ0) is 12.3. The lowest BCUT2D eigenvalue weighted by molar-refractivity contribution is 0.102. The summed E-state index contributed by atoms with van der Waals surface area (Å²) < 4.78 is 0. The molecule has 0 aliphatic rings. The van der Waals surface area contributed by atoms with Crippen molar-refractivity contribution >= 4 is 23.2 Å². The molecule has 0 aliphatic carbocycles. The molecule has 0 bridgehead atoms. The number of nitrogens with one attached hydrogen (secondary N) is 1. The fourth-order valence-corrected chi connectivity index (χ4v) is 1.37. The second-order valence-electron chi connectivity index (χ2n) is 3.48. The predicted molar refractivity (Wildman–Crippen MR) is 66.2 cm³/mol. The number of rotatable bonds is 2. The molecular formula is C12H10ClN3O. The predicted octanol–water partition coefficient (Wildman–Crippen LogP) is 2.69. The van der Waals surface area contributed by atoms with Gasteiger partial charge in [0, 0.05) is 23.1 Å². The number of amides is 1. The fourth-order valence-electron chi connectivity index (χ4n) is 1.25. The van der Waals surface area contributed by atoms with E-state index in [1.165, 1.54) is 12.4 Å². The molecule has 0 unspecified atom stereocenters. The fraction of sp³-hybridized carbons (Fsp3) is 0.0833. The van der Waals surface area contributed by atoms with Gasteiger partial charge in [-0.25, -0.2) is 9.97 Å². The quantitative estimate of drug-likeness (QED) is 0.888. The Morgan fingerprint density at radius 1 is 1.18 bits per heavy atom. The van der Waals surface area contributed by atoms with Gasteiger partial charge in [0.25, 0.3) is 5.91 Å². The van der Waals surface area contributed by atoms with Crippen molar-refractivity contribution in [2.45, 2.75) is 6.92 Å². The number of benzene rings is 1. The summed E-state index contributed by atoms with van der Waals surface area (Å²) in [6.45, 7) is 1.76. The van der Waals surface area contributed by atoms with E-state index < -0.39 is 0 Å². The normalized spacial score (nSPS) is 10.0. The molecule has 5 heteroatoms. The Bertz CT molecular complexity index is 522. The molecule has 0 aliphatic heterocycles. The van der Waals surface area contributed by atoms with Gasteiger partial charge in [0.2, 0.25) is 0 Å². The molecule has 1 amide bonds. The van der Waals surface area contributed by atoms with Crippen LogP contribution < -0.4 is 5.32 Å². The van der Waals surface area contributed by atoms with E-state index in [9.17, 15) is 4.79 Å². The highest BCUT2D eigenvalue weighted by molar-refractivity contribution is 6.30. The van der Waals surface area contributed by atoms with E-state index in [-0.39, 0.29) is 5.91 Å². The molecule has 0 saturated heterocycles. The molecule has 86 valence electrons. The van der Waals surface area contributed by atoms with Crippen molar-refractivity contribution in [3.63, 3.8) is 0 Å². The van der Waals surface area contributed by atoms with Crippen LogP contribution in [-0.2, 0) is 0 Å². The van der Waals surface area contributed by atoms with Gasteiger partial charge in [0.05, 0.1) is 5.56 Å². The number of aromatic nitrogens is 2. The summed E-state index contributed by atoms with van der Waals surface area (Å²) in [5.41, 5.74) is 1.10. The Labute approximate surface area is 104 Å². The van der Waals surface area contributed by atoms with Crippen molar-refractivity contribution in [1.82, 2.24) is 9.97 Å². The smallest absolute Gasteiger partial charge is 0.258 e. The van der Waals surface area contributed by atoms with Crippen molar-refractivity contribution < 1.29 is 4.79 Å². The molecule has 0 fully saturated rings. The van der Waals surface area contributed by atoms with Gasteiger partial charge >= 0.3 is 0 Å². The average Bonchev–Trinajstić information content (AvgIpc) is 2.33. The number of hydrogen-bond acceptors (Lipinski definition) is 3. The molecule has 1 aromatic heterocycles. The van der Waals surface area contributed by atoms with Gasteiger partial charge in [0.15, 0.2) is 0 Å². The molecule has 1 heterocycles. The van der Waals surface area contributed by atoms with E-state index in [2.05, 4.69) is 15.3 Å². The highest BCUT2D eigenvalue weighted by Crippen LogP contribution is 2.14. The molecule has 0 atom stereocenters. The zero-order valence-corrected chi connectivity index (χ0v) is 9.90. The van der Waals surface area contributed by atoms with Crippen LogP contribution >= 0.6 is 11.6 Å². The van der Waals surface area contributed by atoms with Crippen LogP contribution in [0.3, 0.4) is 0 Å². The molecular weight excluding hydrogens is 238 g/mol. The minimum atomic E-state index is -0.243. The second-order valence-corrected chi connectivity index (χ2v) is 3.92. The zero-order valence-electron chi connectivity index (χ0n) is 9.14. The van der Waals surface area contributed by atoms with Gasteiger partial charge < -0.3 is 5.32 Å². The highest BCUT2D eigenvalue weighted by atomic mass is 35.5. The molecule has 0 radical (unpaired) electrons.